The number of benzene rings is 1. The van der Waals surface area contributed by atoms with E-state index >= 15 is 0 Å². The number of nitrogens with two attached hydrogens (primary N) is 1. The molecule has 7 heteroatoms. The molecule has 0 aliphatic rings. The molecule has 4 nitrogen and oxygen atoms in total. The third-order valence-corrected chi connectivity index (χ3v) is 2.63. The molecule has 19 heavy (non-hydrogen) atoms. The smallest absolute Gasteiger partial charge is 0.365 e. The SMILES string of the molecule is Cc1c(C(N)=O)c(C(F)(F)F)nn1-c1ccccc1. The van der Waals surface area contributed by atoms with Gasteiger partial charge in [-0.3, -0.25) is 4.79 Å². The number of nitrogens with zero attached hydrogens (tertiary/aromatic N) is 2. The molecule has 0 atom stereocenters. The molecule has 0 spiro atoms. The molecule has 0 bridgehead atoms. The normalized spacial score (nSPS) is 11.6. The van der Waals surface area contributed by atoms with Crippen LogP contribution in [0.3, 0.4) is 0 Å². The van der Waals surface area contributed by atoms with E-state index in [1.807, 2.05) is 0 Å². The second kappa shape index (κ2) is 4.42. The third-order valence-electron chi connectivity index (χ3n) is 2.63. The van der Waals surface area contributed by atoms with Crippen LogP contribution in [0, 0.1) is 6.92 Å². The lowest BCUT2D eigenvalue weighted by Crippen LogP contribution is -2.18. The van der Waals surface area contributed by atoms with Crippen molar-refractivity contribution < 1.29 is 18.0 Å². The average molecular weight is 269 g/mol. The fraction of sp³-hybridized carbons (Fsp3) is 0.167. The number of hydrogen-bond acceptors (Lipinski definition) is 2. The first-order valence-corrected chi connectivity index (χ1v) is 5.34. The lowest BCUT2D eigenvalue weighted by molar-refractivity contribution is -0.141. The molecule has 1 heterocycles. The molecule has 2 N–H and O–H groups in total. The summed E-state index contributed by atoms with van der Waals surface area (Å²) in [5.74, 6) is -1.15. The van der Waals surface area contributed by atoms with E-state index in [1.165, 1.54) is 6.92 Å². The van der Waals surface area contributed by atoms with E-state index in [-0.39, 0.29) is 5.69 Å². The van der Waals surface area contributed by atoms with Gasteiger partial charge < -0.3 is 5.73 Å². The molecule has 0 aliphatic carbocycles. The molecule has 1 amide bonds. The highest BCUT2D eigenvalue weighted by atomic mass is 19.4. The molecule has 0 fully saturated rings. The van der Waals surface area contributed by atoms with Crippen LogP contribution in [0.15, 0.2) is 30.3 Å². The van der Waals surface area contributed by atoms with Gasteiger partial charge in [0.15, 0.2) is 5.69 Å². The lowest BCUT2D eigenvalue weighted by atomic mass is 10.1. The summed E-state index contributed by atoms with van der Waals surface area (Å²) >= 11 is 0. The van der Waals surface area contributed by atoms with E-state index < -0.39 is 23.3 Å². The zero-order valence-electron chi connectivity index (χ0n) is 9.90. The van der Waals surface area contributed by atoms with Gasteiger partial charge in [-0.15, -0.1) is 0 Å². The first-order chi connectivity index (χ1) is 8.82. The highest BCUT2D eigenvalue weighted by Gasteiger charge is 2.40. The molecule has 1 aromatic heterocycles. The number of para-hydroxylation sites is 1. The van der Waals surface area contributed by atoms with Crippen molar-refractivity contribution in [2.75, 3.05) is 0 Å². The summed E-state index contributed by atoms with van der Waals surface area (Å²) in [5, 5.41) is 3.46. The fourth-order valence-corrected chi connectivity index (χ4v) is 1.82. The van der Waals surface area contributed by atoms with Crippen molar-refractivity contribution in [1.29, 1.82) is 0 Å². The Labute approximate surface area is 106 Å². The number of amides is 1. The number of aromatic nitrogens is 2. The molecule has 2 rings (SSSR count). The molecule has 0 unspecified atom stereocenters. The Morgan fingerprint density at radius 3 is 2.26 bits per heavy atom. The van der Waals surface area contributed by atoms with Crippen molar-refractivity contribution in [3.63, 3.8) is 0 Å². The van der Waals surface area contributed by atoms with Gasteiger partial charge in [-0.05, 0) is 19.1 Å². The number of alkyl halides is 3. The zero-order valence-corrected chi connectivity index (χ0v) is 9.90. The van der Waals surface area contributed by atoms with Gasteiger partial charge in [-0.1, -0.05) is 18.2 Å². The summed E-state index contributed by atoms with van der Waals surface area (Å²) in [6.07, 6.45) is -4.73. The molecule has 1 aromatic carbocycles. The molecule has 0 radical (unpaired) electrons. The number of primary amides is 1. The van der Waals surface area contributed by atoms with Gasteiger partial charge in [0.05, 0.1) is 16.9 Å². The Balaban J connectivity index is 2.70. The molecule has 0 aliphatic heterocycles. The lowest BCUT2D eigenvalue weighted by Gasteiger charge is -2.03. The number of rotatable bonds is 2. The van der Waals surface area contributed by atoms with Crippen LogP contribution in [0.4, 0.5) is 13.2 Å². The third kappa shape index (κ3) is 2.31. The number of halogens is 3. The fourth-order valence-electron chi connectivity index (χ4n) is 1.82. The summed E-state index contributed by atoms with van der Waals surface area (Å²) in [6, 6.07) is 8.22. The van der Waals surface area contributed by atoms with Crippen LogP contribution in [-0.4, -0.2) is 15.7 Å². The summed E-state index contributed by atoms with van der Waals surface area (Å²) in [6.45, 7) is 1.37. The number of carbonyl (C=O) groups excluding carboxylic acids is 1. The van der Waals surface area contributed by atoms with Crippen LogP contribution in [0.1, 0.15) is 21.7 Å². The van der Waals surface area contributed by atoms with Gasteiger partial charge in [-0.2, -0.15) is 18.3 Å². The van der Waals surface area contributed by atoms with E-state index in [0.717, 1.165) is 4.68 Å². The topological polar surface area (TPSA) is 60.9 Å². The minimum absolute atomic E-state index is 0.0611. The average Bonchev–Trinajstić information content (AvgIpc) is 2.68. The second-order valence-electron chi connectivity index (χ2n) is 3.92. The maximum absolute atomic E-state index is 12.8. The Morgan fingerprint density at radius 1 is 1.26 bits per heavy atom. The minimum Gasteiger partial charge on any atom is -0.365 e. The summed E-state index contributed by atoms with van der Waals surface area (Å²) in [7, 11) is 0. The maximum atomic E-state index is 12.8. The van der Waals surface area contributed by atoms with Gasteiger partial charge in [0.25, 0.3) is 5.91 Å². The first-order valence-electron chi connectivity index (χ1n) is 5.34. The predicted octanol–water partition coefficient (Wildman–Crippen LogP) is 2.30. The quantitative estimate of drug-likeness (QED) is 0.909. The van der Waals surface area contributed by atoms with Gasteiger partial charge in [0, 0.05) is 0 Å². The van der Waals surface area contributed by atoms with Crippen LogP contribution >= 0.6 is 0 Å². The predicted molar refractivity (Wildman–Crippen MR) is 61.8 cm³/mol. The largest absolute Gasteiger partial charge is 0.435 e. The Morgan fingerprint density at radius 2 is 1.84 bits per heavy atom. The van der Waals surface area contributed by atoms with Crippen molar-refractivity contribution in [3.8, 4) is 5.69 Å². The number of hydrogen-bond donors (Lipinski definition) is 1. The van der Waals surface area contributed by atoms with Gasteiger partial charge >= 0.3 is 6.18 Å². The van der Waals surface area contributed by atoms with Gasteiger partial charge in [0.2, 0.25) is 0 Å². The van der Waals surface area contributed by atoms with Crippen LogP contribution in [0.25, 0.3) is 5.69 Å². The van der Waals surface area contributed by atoms with Gasteiger partial charge in [0.1, 0.15) is 0 Å². The molecular weight excluding hydrogens is 259 g/mol. The Hall–Kier alpha value is -2.31. The maximum Gasteiger partial charge on any atom is 0.435 e. The van der Waals surface area contributed by atoms with E-state index in [9.17, 15) is 18.0 Å². The highest BCUT2D eigenvalue weighted by molar-refractivity contribution is 5.95. The van der Waals surface area contributed by atoms with Crippen molar-refractivity contribution in [1.82, 2.24) is 9.78 Å². The second-order valence-corrected chi connectivity index (χ2v) is 3.92. The van der Waals surface area contributed by atoms with Crippen LogP contribution < -0.4 is 5.73 Å². The summed E-state index contributed by atoms with van der Waals surface area (Å²) in [5.41, 5.74) is 3.64. The molecule has 0 saturated heterocycles. The number of carbonyl (C=O) groups is 1. The van der Waals surface area contributed by atoms with Crippen molar-refractivity contribution in [2.45, 2.75) is 13.1 Å². The molecule has 100 valence electrons. The summed E-state index contributed by atoms with van der Waals surface area (Å²) < 4.78 is 39.6. The van der Waals surface area contributed by atoms with Crippen molar-refractivity contribution >= 4 is 5.91 Å². The molecular formula is C12H10F3N3O. The monoisotopic (exact) mass is 269 g/mol. The standard InChI is InChI=1S/C12H10F3N3O/c1-7-9(11(16)19)10(12(13,14)15)17-18(7)8-5-3-2-4-6-8/h2-6H,1H3,(H2,16,19). The molecule has 0 saturated carbocycles. The van der Waals surface area contributed by atoms with E-state index in [0.29, 0.717) is 5.69 Å². The first kappa shape index (κ1) is 13.1. The van der Waals surface area contributed by atoms with Gasteiger partial charge in [-0.25, -0.2) is 4.68 Å². The van der Waals surface area contributed by atoms with Crippen LogP contribution in [0.2, 0.25) is 0 Å². The van der Waals surface area contributed by atoms with Crippen molar-refractivity contribution in [3.05, 3.63) is 47.3 Å². The summed E-state index contributed by atoms with van der Waals surface area (Å²) in [4.78, 5) is 11.2. The van der Waals surface area contributed by atoms with E-state index in [4.69, 9.17) is 5.73 Å². The van der Waals surface area contributed by atoms with E-state index in [2.05, 4.69) is 5.10 Å². The minimum atomic E-state index is -4.73. The Kier molecular flexibility index (Phi) is 3.05. The highest BCUT2D eigenvalue weighted by Crippen LogP contribution is 2.33. The van der Waals surface area contributed by atoms with Crippen molar-refractivity contribution in [2.24, 2.45) is 5.73 Å². The van der Waals surface area contributed by atoms with Crippen LogP contribution in [-0.2, 0) is 6.18 Å². The zero-order chi connectivity index (χ0) is 14.2. The Bertz CT molecular complexity index is 617. The van der Waals surface area contributed by atoms with Crippen LogP contribution in [0.5, 0.6) is 0 Å². The molecule has 2 aromatic rings. The van der Waals surface area contributed by atoms with E-state index in [1.54, 1.807) is 30.3 Å².